The molecule has 4 aliphatic rings. The van der Waals surface area contributed by atoms with Crippen molar-refractivity contribution in [3.8, 4) is 0 Å². The van der Waals surface area contributed by atoms with Crippen LogP contribution in [0.25, 0.3) is 0 Å². The smallest absolute Gasteiger partial charge is 0.412 e. The molecular weight excluding hydrogens is 512 g/mol. The zero-order valence-corrected chi connectivity index (χ0v) is 26.6. The molecule has 4 fully saturated rings. The second-order valence-corrected chi connectivity index (χ2v) is 16.4. The Morgan fingerprint density at radius 3 is 1.12 bits per heavy atom. The van der Waals surface area contributed by atoms with Gasteiger partial charge in [-0.2, -0.15) is 0 Å². The number of carbonyl (C=O) groups is 2. The molecule has 6 N–H and O–H groups in total. The van der Waals surface area contributed by atoms with E-state index < -0.39 is 34.8 Å². The third-order valence-electron chi connectivity index (χ3n) is 9.82. The molecule has 2 spiro atoms. The maximum atomic E-state index is 13.0. The van der Waals surface area contributed by atoms with Crippen molar-refractivity contribution in [2.75, 3.05) is 13.1 Å². The van der Waals surface area contributed by atoms with Crippen LogP contribution in [-0.2, 0) is 9.47 Å². The zero-order valence-electron chi connectivity index (χ0n) is 26.6. The van der Waals surface area contributed by atoms with Crippen LogP contribution in [0.4, 0.5) is 9.59 Å². The summed E-state index contributed by atoms with van der Waals surface area (Å²) in [5, 5.41) is 28.0. The number of rotatable bonds is 7. The monoisotopic (exact) mass is 568 g/mol. The van der Waals surface area contributed by atoms with Gasteiger partial charge in [0.1, 0.15) is 0 Å². The number of carbonyl (C=O) groups excluding carboxylic acids is 2. The Morgan fingerprint density at radius 1 is 0.575 bits per heavy atom. The van der Waals surface area contributed by atoms with E-state index in [4.69, 9.17) is 9.47 Å². The SMILES string of the molecule is CC1(C)CC2(CC(C)(C)[NH2+]1)OC(=O)N(CCCCCCN1C(=O)OC3(CC(C)(C)[NH2+]C(C)(C)C3)C1(C)O)C2(C)O. The normalized spacial score (nSPS) is 34.8. The van der Waals surface area contributed by atoms with Gasteiger partial charge < -0.3 is 30.3 Å². The van der Waals surface area contributed by atoms with Crippen molar-refractivity contribution in [2.24, 2.45) is 0 Å². The van der Waals surface area contributed by atoms with Crippen molar-refractivity contribution in [3.05, 3.63) is 0 Å². The molecule has 2 atom stereocenters. The molecular formula is C30H56N4O6+2. The van der Waals surface area contributed by atoms with Crippen molar-refractivity contribution in [1.29, 1.82) is 0 Å². The topological polar surface area (TPSA) is 133 Å². The highest BCUT2D eigenvalue weighted by atomic mass is 16.6. The predicted octanol–water partition coefficient (Wildman–Crippen LogP) is 2.17. The van der Waals surface area contributed by atoms with Crippen molar-refractivity contribution in [2.45, 2.75) is 165 Å². The molecule has 4 aliphatic heterocycles. The first-order chi connectivity index (χ1) is 18.0. The summed E-state index contributed by atoms with van der Waals surface area (Å²) in [5.74, 6) is 0. The van der Waals surface area contributed by atoms with E-state index in [1.165, 1.54) is 9.80 Å². The average molecular weight is 569 g/mol. The van der Waals surface area contributed by atoms with E-state index in [9.17, 15) is 19.8 Å². The Hall–Kier alpha value is -1.62. The molecule has 0 saturated carbocycles. The second kappa shape index (κ2) is 9.44. The lowest BCUT2D eigenvalue weighted by Gasteiger charge is -2.51. The number of ether oxygens (including phenoxy) is 2. The van der Waals surface area contributed by atoms with Crippen LogP contribution in [0, 0.1) is 0 Å². The molecule has 40 heavy (non-hydrogen) atoms. The molecule has 4 heterocycles. The van der Waals surface area contributed by atoms with Crippen LogP contribution in [0.2, 0.25) is 0 Å². The molecule has 2 amide bonds. The van der Waals surface area contributed by atoms with Crippen LogP contribution >= 0.6 is 0 Å². The summed E-state index contributed by atoms with van der Waals surface area (Å²) in [6, 6.07) is 0. The van der Waals surface area contributed by atoms with Crippen LogP contribution in [0.5, 0.6) is 0 Å². The number of piperidine rings is 2. The van der Waals surface area contributed by atoms with Crippen molar-refractivity contribution in [1.82, 2.24) is 9.80 Å². The Bertz CT molecular complexity index is 906. The van der Waals surface area contributed by atoms with Gasteiger partial charge in [0.2, 0.25) is 0 Å². The molecule has 10 heteroatoms. The lowest BCUT2D eigenvalue weighted by atomic mass is 9.68. The minimum atomic E-state index is -1.39. The molecule has 0 aromatic heterocycles. The zero-order chi connectivity index (χ0) is 30.2. The maximum absolute atomic E-state index is 13.0. The molecule has 0 aromatic rings. The van der Waals surface area contributed by atoms with Crippen LogP contribution in [0.3, 0.4) is 0 Å². The number of nitrogens with two attached hydrogens (primary N) is 2. The number of quaternary nitrogens is 2. The van der Waals surface area contributed by atoms with E-state index in [2.05, 4.69) is 66.0 Å². The van der Waals surface area contributed by atoms with Crippen LogP contribution < -0.4 is 10.6 Å². The Labute approximate surface area is 240 Å². The van der Waals surface area contributed by atoms with E-state index >= 15 is 0 Å². The van der Waals surface area contributed by atoms with Gasteiger partial charge in [0.15, 0.2) is 22.7 Å². The van der Waals surface area contributed by atoms with Gasteiger partial charge in [0, 0.05) is 38.8 Å². The lowest BCUT2D eigenvalue weighted by molar-refractivity contribution is -0.794. The molecule has 0 aliphatic carbocycles. The van der Waals surface area contributed by atoms with Crippen molar-refractivity contribution in [3.63, 3.8) is 0 Å². The Morgan fingerprint density at radius 2 is 0.850 bits per heavy atom. The van der Waals surface area contributed by atoms with Crippen molar-refractivity contribution >= 4 is 12.2 Å². The quantitative estimate of drug-likeness (QED) is 0.348. The summed E-state index contributed by atoms with van der Waals surface area (Å²) in [5.41, 5.74) is -5.33. The lowest BCUT2D eigenvalue weighted by Crippen LogP contribution is -3.07. The number of nitrogens with zero attached hydrogens (tertiary/aromatic N) is 2. The molecule has 4 rings (SSSR count). The van der Waals surface area contributed by atoms with E-state index in [-0.39, 0.29) is 22.2 Å². The van der Waals surface area contributed by atoms with Gasteiger partial charge in [-0.1, -0.05) is 12.8 Å². The fourth-order valence-corrected chi connectivity index (χ4v) is 9.20. The first-order valence-corrected chi connectivity index (χ1v) is 15.2. The van der Waals surface area contributed by atoms with Crippen LogP contribution in [0.15, 0.2) is 0 Å². The van der Waals surface area contributed by atoms with Gasteiger partial charge in [-0.05, 0) is 82.1 Å². The van der Waals surface area contributed by atoms with Gasteiger partial charge in [-0.3, -0.25) is 9.80 Å². The number of hydrogen-bond donors (Lipinski definition) is 4. The first kappa shape index (κ1) is 31.3. The molecule has 230 valence electrons. The van der Waals surface area contributed by atoms with Crippen LogP contribution in [0.1, 0.15) is 121 Å². The van der Waals surface area contributed by atoms with Gasteiger partial charge >= 0.3 is 12.2 Å². The van der Waals surface area contributed by atoms with Crippen LogP contribution in [-0.4, -0.2) is 90.1 Å². The highest BCUT2D eigenvalue weighted by Gasteiger charge is 2.69. The number of hydrogen-bond acceptors (Lipinski definition) is 6. The van der Waals surface area contributed by atoms with E-state index in [0.29, 0.717) is 51.6 Å². The average Bonchev–Trinajstić information content (AvgIpc) is 2.96. The second-order valence-electron chi connectivity index (χ2n) is 16.4. The van der Waals surface area contributed by atoms with E-state index in [1.807, 2.05) is 0 Å². The van der Waals surface area contributed by atoms with Gasteiger partial charge in [0.25, 0.3) is 0 Å². The summed E-state index contributed by atoms with van der Waals surface area (Å²) in [6.07, 6.45) is 4.50. The first-order valence-electron chi connectivity index (χ1n) is 15.2. The number of unbranched alkanes of at least 4 members (excludes halogenated alkanes) is 3. The molecule has 2 unspecified atom stereocenters. The largest absolute Gasteiger partial charge is 0.437 e. The van der Waals surface area contributed by atoms with Gasteiger partial charge in [-0.15, -0.1) is 0 Å². The summed E-state index contributed by atoms with van der Waals surface area (Å²) >= 11 is 0. The molecule has 4 saturated heterocycles. The van der Waals surface area contributed by atoms with Crippen molar-refractivity contribution < 1.29 is 39.9 Å². The molecule has 10 nitrogen and oxygen atoms in total. The summed E-state index contributed by atoms with van der Waals surface area (Å²) in [6.45, 7) is 21.3. The molecule has 0 bridgehead atoms. The summed E-state index contributed by atoms with van der Waals surface area (Å²) in [4.78, 5) is 28.9. The third-order valence-corrected chi connectivity index (χ3v) is 9.82. The van der Waals surface area contributed by atoms with E-state index in [1.54, 1.807) is 13.8 Å². The Kier molecular flexibility index (Phi) is 7.39. The number of amides is 2. The third kappa shape index (κ3) is 5.45. The molecule has 0 aromatic carbocycles. The minimum absolute atomic E-state index is 0.167. The summed E-state index contributed by atoms with van der Waals surface area (Å²) < 4.78 is 12.0. The minimum Gasteiger partial charge on any atom is -0.437 e. The highest BCUT2D eigenvalue weighted by Crippen LogP contribution is 2.49. The fourth-order valence-electron chi connectivity index (χ4n) is 9.20. The number of aliphatic hydroxyl groups is 2. The highest BCUT2D eigenvalue weighted by molar-refractivity contribution is 5.73. The van der Waals surface area contributed by atoms with E-state index in [0.717, 1.165) is 12.8 Å². The molecule has 0 radical (unpaired) electrons. The fraction of sp³-hybridized carbons (Fsp3) is 0.933. The van der Waals surface area contributed by atoms with Gasteiger partial charge in [-0.25, -0.2) is 9.59 Å². The standard InChI is InChI=1S/C30H54N4O6/c1-23(2)17-29(18-24(3,4)31-23)27(9,37)33(21(35)39-29)15-13-11-12-14-16-34-22(36)40-30(28(34,10)38)19-25(5,6)32-26(7,8)20-30/h31-32,37-38H,11-20H2,1-10H3/p+2. The predicted molar refractivity (Wildman–Crippen MR) is 150 cm³/mol. The maximum Gasteiger partial charge on any atom is 0.412 e. The van der Waals surface area contributed by atoms with Gasteiger partial charge in [0.05, 0.1) is 22.2 Å². The Balaban J connectivity index is 1.31. The summed E-state index contributed by atoms with van der Waals surface area (Å²) in [7, 11) is 0.